The predicted molar refractivity (Wildman–Crippen MR) is 37.1 cm³/mol. The van der Waals surface area contributed by atoms with Crippen LogP contribution in [0.4, 0.5) is 0 Å². The molecule has 1 saturated heterocycles. The molecule has 0 spiro atoms. The molecule has 2 N–H and O–H groups in total. The number of hydrazine groups is 1. The first-order valence-electron chi connectivity index (χ1n) is 3.06. The van der Waals surface area contributed by atoms with Crippen molar-refractivity contribution in [3.8, 4) is 0 Å². The van der Waals surface area contributed by atoms with Crippen molar-refractivity contribution >= 4 is 13.5 Å². The Morgan fingerprint density at radius 1 is 1.62 bits per heavy atom. The number of nitrogens with one attached hydrogen (secondary N) is 2. The average Bonchev–Trinajstić information content (AvgIpc) is 1.92. The van der Waals surface area contributed by atoms with Gasteiger partial charge in [0.2, 0.25) is 0 Å². The van der Waals surface area contributed by atoms with Gasteiger partial charge >= 0.3 is 0 Å². The van der Waals surface area contributed by atoms with E-state index in [1.54, 1.807) is 0 Å². The van der Waals surface area contributed by atoms with E-state index in [4.69, 9.17) is 0 Å². The van der Waals surface area contributed by atoms with Gasteiger partial charge in [-0.25, -0.2) is 5.43 Å². The molecule has 3 aliphatic rings. The highest BCUT2D eigenvalue weighted by Gasteiger charge is 2.27. The molecule has 0 aromatic heterocycles. The van der Waals surface area contributed by atoms with E-state index in [0.717, 1.165) is 6.04 Å². The quantitative estimate of drug-likeness (QED) is 0.464. The van der Waals surface area contributed by atoms with Crippen molar-refractivity contribution in [3.05, 3.63) is 0 Å². The summed E-state index contributed by atoms with van der Waals surface area (Å²) in [6.07, 6.45) is 4.07. The Hall–Kier alpha value is 0.0900. The molecule has 3 heteroatoms. The molecule has 44 valence electrons. The maximum Gasteiger partial charge on any atom is 0.192 e. The van der Waals surface area contributed by atoms with E-state index in [1.807, 2.05) is 0 Å². The van der Waals surface area contributed by atoms with Gasteiger partial charge in [0.25, 0.3) is 0 Å². The van der Waals surface area contributed by atoms with E-state index in [9.17, 15) is 0 Å². The zero-order valence-electron chi connectivity index (χ0n) is 4.72. The summed E-state index contributed by atoms with van der Waals surface area (Å²) < 4.78 is 0. The van der Waals surface area contributed by atoms with E-state index in [2.05, 4.69) is 16.4 Å². The fraction of sp³-hybridized carbons (Fsp3) is 0.800. The molecular formula is C5H10N2P+. The van der Waals surface area contributed by atoms with E-state index >= 15 is 0 Å². The maximum atomic E-state index is 3.28. The van der Waals surface area contributed by atoms with Crippen LogP contribution in [0.15, 0.2) is 0 Å². The molecule has 2 atom stereocenters. The normalized spacial score (nSPS) is 39.5. The van der Waals surface area contributed by atoms with Crippen molar-refractivity contribution in [2.75, 3.05) is 6.16 Å². The number of fused-ring (bicyclic) bond motifs is 3. The minimum absolute atomic E-state index is 0.110. The van der Waals surface area contributed by atoms with Gasteiger partial charge in [0, 0.05) is 18.9 Å². The summed E-state index contributed by atoms with van der Waals surface area (Å²) >= 11 is 0. The zero-order valence-corrected chi connectivity index (χ0v) is 5.62. The first-order valence-corrected chi connectivity index (χ1v) is 4.66. The molecule has 3 aliphatic heterocycles. The number of hydrogen-bond acceptors (Lipinski definition) is 2. The van der Waals surface area contributed by atoms with E-state index < -0.39 is 0 Å². The fourth-order valence-corrected chi connectivity index (χ4v) is 3.00. The molecule has 0 aromatic rings. The molecule has 3 rings (SSSR count). The van der Waals surface area contributed by atoms with Gasteiger partial charge in [-0.15, -0.1) is 0 Å². The second-order valence-corrected chi connectivity index (χ2v) is 4.33. The maximum absolute atomic E-state index is 3.28. The Morgan fingerprint density at radius 2 is 2.62 bits per heavy atom. The monoisotopic (exact) mass is 129 g/mol. The van der Waals surface area contributed by atoms with Gasteiger partial charge in [0.1, 0.15) is 12.0 Å². The highest BCUT2D eigenvalue weighted by molar-refractivity contribution is 7.55. The highest BCUT2D eigenvalue weighted by Crippen LogP contribution is 2.27. The molecule has 2 nitrogen and oxygen atoms in total. The molecule has 8 heavy (non-hydrogen) atoms. The second kappa shape index (κ2) is 1.80. The first-order chi connectivity index (χ1) is 3.95. The molecule has 0 aliphatic carbocycles. The molecule has 0 saturated carbocycles. The Labute approximate surface area is 50.1 Å². The lowest BCUT2D eigenvalue weighted by Gasteiger charge is -2.22. The first kappa shape index (κ1) is 4.92. The molecule has 3 heterocycles. The van der Waals surface area contributed by atoms with Gasteiger partial charge < -0.3 is 0 Å². The van der Waals surface area contributed by atoms with Gasteiger partial charge in [-0.05, 0) is 0 Å². The molecule has 1 fully saturated rings. The Kier molecular flexibility index (Phi) is 1.11. The Morgan fingerprint density at radius 3 is 2.75 bits per heavy atom. The van der Waals surface area contributed by atoms with Gasteiger partial charge in [-0.3, -0.25) is 0 Å². The lowest BCUT2D eigenvalue weighted by Crippen LogP contribution is -2.45. The van der Waals surface area contributed by atoms with Crippen LogP contribution in [0.5, 0.6) is 0 Å². The molecule has 0 aromatic carbocycles. The topological polar surface area (TPSA) is 24.1 Å². The van der Waals surface area contributed by atoms with E-state index in [1.165, 1.54) is 19.0 Å². The molecular weight excluding hydrogens is 119 g/mol. The van der Waals surface area contributed by atoms with E-state index in [0.29, 0.717) is 0 Å². The van der Waals surface area contributed by atoms with Crippen LogP contribution in [-0.2, 0) is 0 Å². The summed E-state index contributed by atoms with van der Waals surface area (Å²) in [6, 6.07) is 0.752. The summed E-state index contributed by atoms with van der Waals surface area (Å²) in [4.78, 5) is 0. The lowest BCUT2D eigenvalue weighted by atomic mass is 10.2. The third kappa shape index (κ3) is 0.693. The van der Waals surface area contributed by atoms with Crippen LogP contribution in [0, 0.1) is 0 Å². The second-order valence-electron chi connectivity index (χ2n) is 2.35. The van der Waals surface area contributed by atoms with Crippen molar-refractivity contribution in [1.82, 2.24) is 10.6 Å². The van der Waals surface area contributed by atoms with Crippen LogP contribution in [0.3, 0.4) is 0 Å². The van der Waals surface area contributed by atoms with Gasteiger partial charge in [-0.1, -0.05) is 5.20 Å². The summed E-state index contributed by atoms with van der Waals surface area (Å²) in [5.41, 5.74) is 3.27. The molecule has 2 unspecified atom stereocenters. The summed E-state index contributed by atoms with van der Waals surface area (Å²) in [5, 5.41) is 3.28. The van der Waals surface area contributed by atoms with Gasteiger partial charge in [-0.2, -0.15) is 0 Å². The largest absolute Gasteiger partial charge is 0.216 e. The van der Waals surface area contributed by atoms with E-state index in [-0.39, 0.29) is 7.70 Å². The van der Waals surface area contributed by atoms with Crippen molar-refractivity contribution in [2.24, 2.45) is 0 Å². The Balaban J connectivity index is 2.22. The fourth-order valence-electron chi connectivity index (χ4n) is 1.17. The average molecular weight is 129 g/mol. The van der Waals surface area contributed by atoms with Crippen LogP contribution in [0.25, 0.3) is 0 Å². The minimum atomic E-state index is 0.110. The van der Waals surface area contributed by atoms with Crippen molar-refractivity contribution in [2.45, 2.75) is 18.9 Å². The number of hydrogen-bond donors (Lipinski definition) is 2. The standard InChI is InChI=1S/C5H10N2P/c1-3-8-4-2-5(1)6-7-8/h3,5-7H,1-2,4H2/q+1. The van der Waals surface area contributed by atoms with Crippen molar-refractivity contribution in [1.29, 1.82) is 0 Å². The van der Waals surface area contributed by atoms with Crippen molar-refractivity contribution in [3.63, 3.8) is 0 Å². The summed E-state index contributed by atoms with van der Waals surface area (Å²) in [7, 11) is 0.110. The molecule has 2 bridgehead atoms. The van der Waals surface area contributed by atoms with Gasteiger partial charge in [0.05, 0.1) is 0 Å². The zero-order chi connectivity index (χ0) is 5.40. The third-order valence-corrected chi connectivity index (χ3v) is 3.55. The lowest BCUT2D eigenvalue weighted by molar-refractivity contribution is 0.478. The predicted octanol–water partition coefficient (Wildman–Crippen LogP) is 0.456. The Bertz CT molecular complexity index is 122. The van der Waals surface area contributed by atoms with Crippen LogP contribution < -0.4 is 10.6 Å². The SMILES string of the molecule is C1=[P+]2CCC(C1)NN2. The van der Waals surface area contributed by atoms with Crippen LogP contribution in [-0.4, -0.2) is 18.0 Å². The third-order valence-electron chi connectivity index (χ3n) is 1.74. The van der Waals surface area contributed by atoms with Crippen LogP contribution in [0.1, 0.15) is 12.8 Å². The molecule has 0 amide bonds. The number of rotatable bonds is 0. The minimum Gasteiger partial charge on any atom is -0.216 e. The van der Waals surface area contributed by atoms with Crippen LogP contribution >= 0.6 is 7.70 Å². The summed E-state index contributed by atoms with van der Waals surface area (Å²) in [5.74, 6) is 2.43. The van der Waals surface area contributed by atoms with Gasteiger partial charge in [0.15, 0.2) is 7.70 Å². The smallest absolute Gasteiger partial charge is 0.192 e. The highest BCUT2D eigenvalue weighted by atomic mass is 31.1. The summed E-state index contributed by atoms with van der Waals surface area (Å²) in [6.45, 7) is 0. The molecule has 0 radical (unpaired) electrons. The van der Waals surface area contributed by atoms with Crippen molar-refractivity contribution < 1.29 is 0 Å². The van der Waals surface area contributed by atoms with Crippen LogP contribution in [0.2, 0.25) is 0 Å².